The number of rotatable bonds is 7. The third kappa shape index (κ3) is 5.38. The number of aliphatic hydroxyl groups excluding tert-OH is 1. The molecule has 0 radical (unpaired) electrons. The Bertz CT molecular complexity index is 258. The van der Waals surface area contributed by atoms with Gasteiger partial charge in [0.2, 0.25) is 0 Å². The molecule has 1 rings (SSSR count). The lowest BCUT2D eigenvalue weighted by Crippen LogP contribution is -2.57. The summed E-state index contributed by atoms with van der Waals surface area (Å²) < 4.78 is 0. The highest BCUT2D eigenvalue weighted by Crippen LogP contribution is 2.31. The van der Waals surface area contributed by atoms with E-state index in [-0.39, 0.29) is 12.1 Å². The molecule has 19 heavy (non-hydrogen) atoms. The molecule has 0 aromatic carbocycles. The van der Waals surface area contributed by atoms with Gasteiger partial charge in [0, 0.05) is 30.7 Å². The standard InChI is InChI=1S/C15H33N3O/c1-13(2)16-15(12-19)8-6-7-14(11-15)18(5)10-9-17(3)4/h13-14,16,19H,6-12H2,1-5H3. The molecular formula is C15H33N3O. The molecule has 0 saturated heterocycles. The highest BCUT2D eigenvalue weighted by Gasteiger charge is 2.37. The predicted octanol–water partition coefficient (Wildman–Crippen LogP) is 1.15. The summed E-state index contributed by atoms with van der Waals surface area (Å²) in [5, 5.41) is 13.4. The van der Waals surface area contributed by atoms with E-state index in [1.165, 1.54) is 12.8 Å². The van der Waals surface area contributed by atoms with E-state index in [9.17, 15) is 5.11 Å². The number of nitrogens with zero attached hydrogens (tertiary/aromatic N) is 2. The molecule has 4 heteroatoms. The first-order chi connectivity index (χ1) is 8.88. The van der Waals surface area contributed by atoms with Gasteiger partial charge in [0.05, 0.1) is 6.61 Å². The van der Waals surface area contributed by atoms with Crippen molar-refractivity contribution in [2.75, 3.05) is 40.8 Å². The summed E-state index contributed by atoms with van der Waals surface area (Å²) in [7, 11) is 6.46. The molecule has 0 aromatic heterocycles. The minimum Gasteiger partial charge on any atom is -0.394 e. The molecule has 0 heterocycles. The molecule has 0 aliphatic heterocycles. The smallest absolute Gasteiger partial charge is 0.0613 e. The van der Waals surface area contributed by atoms with Gasteiger partial charge in [-0.1, -0.05) is 13.8 Å². The van der Waals surface area contributed by atoms with Crippen LogP contribution in [0.25, 0.3) is 0 Å². The van der Waals surface area contributed by atoms with Gasteiger partial charge in [0.25, 0.3) is 0 Å². The number of hydrogen-bond acceptors (Lipinski definition) is 4. The van der Waals surface area contributed by atoms with Crippen molar-refractivity contribution in [3.05, 3.63) is 0 Å². The predicted molar refractivity (Wildman–Crippen MR) is 81.5 cm³/mol. The van der Waals surface area contributed by atoms with Crippen molar-refractivity contribution >= 4 is 0 Å². The average Bonchev–Trinajstić information content (AvgIpc) is 2.35. The van der Waals surface area contributed by atoms with Crippen molar-refractivity contribution in [2.45, 2.75) is 57.2 Å². The van der Waals surface area contributed by atoms with E-state index in [2.05, 4.69) is 50.1 Å². The third-order valence-corrected chi connectivity index (χ3v) is 4.24. The van der Waals surface area contributed by atoms with E-state index in [1.807, 2.05) is 0 Å². The van der Waals surface area contributed by atoms with Gasteiger partial charge in [0.1, 0.15) is 0 Å². The molecule has 1 aliphatic rings. The van der Waals surface area contributed by atoms with Gasteiger partial charge in [-0.15, -0.1) is 0 Å². The van der Waals surface area contributed by atoms with Gasteiger partial charge < -0.3 is 20.2 Å². The van der Waals surface area contributed by atoms with Crippen molar-refractivity contribution < 1.29 is 5.11 Å². The van der Waals surface area contributed by atoms with Gasteiger partial charge in [-0.05, 0) is 46.8 Å². The summed E-state index contributed by atoms with van der Waals surface area (Å²) in [6.07, 6.45) is 4.62. The van der Waals surface area contributed by atoms with Crippen LogP contribution in [0.2, 0.25) is 0 Å². The Balaban J connectivity index is 2.56. The van der Waals surface area contributed by atoms with Crippen molar-refractivity contribution in [1.82, 2.24) is 15.1 Å². The Morgan fingerprint density at radius 2 is 1.95 bits per heavy atom. The summed E-state index contributed by atoms with van der Waals surface area (Å²) in [4.78, 5) is 4.69. The van der Waals surface area contributed by atoms with Gasteiger partial charge in [-0.25, -0.2) is 0 Å². The van der Waals surface area contributed by atoms with E-state index in [1.54, 1.807) is 0 Å². The molecule has 0 amide bonds. The Morgan fingerprint density at radius 1 is 1.26 bits per heavy atom. The molecule has 1 saturated carbocycles. The SMILES string of the molecule is CC(C)NC1(CO)CCCC(N(C)CCN(C)C)C1. The number of nitrogens with one attached hydrogen (secondary N) is 1. The Hall–Kier alpha value is -0.160. The Morgan fingerprint density at radius 3 is 2.47 bits per heavy atom. The molecule has 2 unspecified atom stereocenters. The summed E-state index contributed by atoms with van der Waals surface area (Å²) in [6, 6.07) is 1.02. The van der Waals surface area contributed by atoms with E-state index in [4.69, 9.17) is 0 Å². The lowest BCUT2D eigenvalue weighted by Gasteiger charge is -2.44. The van der Waals surface area contributed by atoms with Crippen LogP contribution in [0.1, 0.15) is 39.5 Å². The van der Waals surface area contributed by atoms with E-state index >= 15 is 0 Å². The first kappa shape index (κ1) is 16.9. The average molecular weight is 271 g/mol. The maximum atomic E-state index is 9.82. The van der Waals surface area contributed by atoms with Crippen LogP contribution in [0, 0.1) is 0 Å². The van der Waals surface area contributed by atoms with Crippen molar-refractivity contribution in [3.63, 3.8) is 0 Å². The summed E-state index contributed by atoms with van der Waals surface area (Å²) in [5.41, 5.74) is -0.0660. The van der Waals surface area contributed by atoms with Crippen LogP contribution in [0.3, 0.4) is 0 Å². The van der Waals surface area contributed by atoms with E-state index < -0.39 is 0 Å². The molecular weight excluding hydrogens is 238 g/mol. The van der Waals surface area contributed by atoms with Crippen LogP contribution in [0.5, 0.6) is 0 Å². The van der Waals surface area contributed by atoms with Gasteiger partial charge in [-0.2, -0.15) is 0 Å². The number of aliphatic hydroxyl groups is 1. The zero-order chi connectivity index (χ0) is 14.5. The van der Waals surface area contributed by atoms with E-state index in [0.717, 1.165) is 25.9 Å². The van der Waals surface area contributed by atoms with Crippen LogP contribution < -0.4 is 5.32 Å². The lowest BCUT2D eigenvalue weighted by molar-refractivity contribution is 0.0619. The minimum absolute atomic E-state index is 0.0660. The molecule has 1 fully saturated rings. The van der Waals surface area contributed by atoms with Gasteiger partial charge in [0.15, 0.2) is 0 Å². The lowest BCUT2D eigenvalue weighted by atomic mass is 9.78. The molecule has 1 aliphatic carbocycles. The van der Waals surface area contributed by atoms with Crippen LogP contribution in [0.15, 0.2) is 0 Å². The minimum atomic E-state index is -0.0660. The molecule has 2 N–H and O–H groups in total. The van der Waals surface area contributed by atoms with Crippen molar-refractivity contribution in [1.29, 1.82) is 0 Å². The number of likely N-dealkylation sites (N-methyl/N-ethyl adjacent to an activating group) is 2. The zero-order valence-electron chi connectivity index (χ0n) is 13.4. The van der Waals surface area contributed by atoms with Crippen molar-refractivity contribution in [2.24, 2.45) is 0 Å². The normalized spacial score (nSPS) is 28.6. The van der Waals surface area contributed by atoms with Gasteiger partial charge in [-0.3, -0.25) is 0 Å². The monoisotopic (exact) mass is 271 g/mol. The molecule has 0 aromatic rings. The van der Waals surface area contributed by atoms with Crippen LogP contribution in [-0.2, 0) is 0 Å². The Kier molecular flexibility index (Phi) is 6.74. The fraction of sp³-hybridized carbons (Fsp3) is 1.00. The summed E-state index contributed by atoms with van der Waals surface area (Å²) in [6.45, 7) is 6.77. The molecule has 114 valence electrons. The zero-order valence-corrected chi connectivity index (χ0v) is 13.4. The summed E-state index contributed by atoms with van der Waals surface area (Å²) in [5.74, 6) is 0. The second-order valence-electron chi connectivity index (χ2n) is 6.77. The molecule has 4 nitrogen and oxygen atoms in total. The van der Waals surface area contributed by atoms with Crippen LogP contribution >= 0.6 is 0 Å². The first-order valence-corrected chi connectivity index (χ1v) is 7.62. The second-order valence-corrected chi connectivity index (χ2v) is 6.77. The van der Waals surface area contributed by atoms with Crippen molar-refractivity contribution in [3.8, 4) is 0 Å². The summed E-state index contributed by atoms with van der Waals surface area (Å²) >= 11 is 0. The van der Waals surface area contributed by atoms with Crippen LogP contribution in [-0.4, -0.2) is 73.4 Å². The fourth-order valence-corrected chi connectivity index (χ4v) is 3.18. The maximum absolute atomic E-state index is 9.82. The highest BCUT2D eigenvalue weighted by molar-refractivity contribution is 4.96. The highest BCUT2D eigenvalue weighted by atomic mass is 16.3. The van der Waals surface area contributed by atoms with Crippen LogP contribution in [0.4, 0.5) is 0 Å². The van der Waals surface area contributed by atoms with Gasteiger partial charge >= 0.3 is 0 Å². The van der Waals surface area contributed by atoms with E-state index in [0.29, 0.717) is 12.1 Å². The second kappa shape index (κ2) is 7.58. The molecule has 2 atom stereocenters. The fourth-order valence-electron chi connectivity index (χ4n) is 3.18. The number of hydrogen-bond donors (Lipinski definition) is 2. The largest absolute Gasteiger partial charge is 0.394 e. The topological polar surface area (TPSA) is 38.7 Å². The quantitative estimate of drug-likeness (QED) is 0.729. The first-order valence-electron chi connectivity index (χ1n) is 7.62. The molecule has 0 bridgehead atoms. The molecule has 0 spiro atoms. The Labute approximate surface area is 119 Å². The third-order valence-electron chi connectivity index (χ3n) is 4.24. The maximum Gasteiger partial charge on any atom is 0.0613 e.